The van der Waals surface area contributed by atoms with Gasteiger partial charge in [0.25, 0.3) is 0 Å². The summed E-state index contributed by atoms with van der Waals surface area (Å²) in [6.45, 7) is 0. The van der Waals surface area contributed by atoms with E-state index in [0.29, 0.717) is 17.5 Å². The first-order valence-corrected chi connectivity index (χ1v) is 23.2. The Hall–Kier alpha value is -9.39. The van der Waals surface area contributed by atoms with Gasteiger partial charge in [-0.05, 0) is 76.9 Å². The molecular formula is C63H38N4O2. The highest BCUT2D eigenvalue weighted by Gasteiger charge is 2.26. The third-order valence-electron chi connectivity index (χ3n) is 13.5. The van der Waals surface area contributed by atoms with E-state index >= 15 is 0 Å². The van der Waals surface area contributed by atoms with E-state index in [4.69, 9.17) is 23.8 Å². The average molecular weight is 883 g/mol. The second kappa shape index (κ2) is 15.6. The maximum Gasteiger partial charge on any atom is 0.164 e. The van der Waals surface area contributed by atoms with Crippen LogP contribution in [0.15, 0.2) is 239 Å². The van der Waals surface area contributed by atoms with E-state index in [0.717, 1.165) is 99.5 Å². The van der Waals surface area contributed by atoms with Gasteiger partial charge in [-0.3, -0.25) is 0 Å². The number of rotatable bonds is 7. The molecule has 0 aliphatic rings. The molecule has 14 aromatic rings. The van der Waals surface area contributed by atoms with Crippen molar-refractivity contribution in [2.24, 2.45) is 0 Å². The third kappa shape index (κ3) is 6.38. The van der Waals surface area contributed by atoms with Gasteiger partial charge in [-0.1, -0.05) is 176 Å². The van der Waals surface area contributed by atoms with Crippen molar-refractivity contribution in [1.29, 1.82) is 0 Å². The monoisotopic (exact) mass is 882 g/mol. The first-order chi connectivity index (χ1) is 34.2. The van der Waals surface area contributed by atoms with Crippen molar-refractivity contribution in [2.45, 2.75) is 0 Å². The zero-order chi connectivity index (χ0) is 45.4. The molecule has 6 nitrogen and oxygen atoms in total. The van der Waals surface area contributed by atoms with Crippen molar-refractivity contribution in [2.75, 3.05) is 0 Å². The van der Waals surface area contributed by atoms with Gasteiger partial charge in [0.1, 0.15) is 22.3 Å². The summed E-state index contributed by atoms with van der Waals surface area (Å²) >= 11 is 0. The first-order valence-electron chi connectivity index (χ1n) is 23.2. The number of para-hydroxylation sites is 3. The lowest BCUT2D eigenvalue weighted by molar-refractivity contribution is 0.665. The largest absolute Gasteiger partial charge is 0.455 e. The van der Waals surface area contributed by atoms with E-state index < -0.39 is 0 Å². The fraction of sp³-hybridized carbons (Fsp3) is 0. The quantitative estimate of drug-likeness (QED) is 0.159. The molecule has 6 heteroatoms. The molecule has 0 N–H and O–H groups in total. The molecule has 0 spiro atoms. The number of aromatic nitrogens is 4. The van der Waals surface area contributed by atoms with Gasteiger partial charge < -0.3 is 13.4 Å². The average Bonchev–Trinajstić information content (AvgIpc) is 4.11. The number of benzene rings is 10. The summed E-state index contributed by atoms with van der Waals surface area (Å²) < 4.78 is 16.4. The van der Waals surface area contributed by atoms with Crippen LogP contribution in [0.25, 0.3) is 139 Å². The van der Waals surface area contributed by atoms with Crippen LogP contribution < -0.4 is 0 Å². The molecule has 0 atom stereocenters. The predicted octanol–water partition coefficient (Wildman–Crippen LogP) is 16.8. The summed E-state index contributed by atoms with van der Waals surface area (Å²) in [5.41, 5.74) is 15.1. The topological polar surface area (TPSA) is 69.9 Å². The molecule has 0 fully saturated rings. The van der Waals surface area contributed by atoms with Crippen LogP contribution in [-0.2, 0) is 0 Å². The minimum Gasteiger partial charge on any atom is -0.455 e. The van der Waals surface area contributed by atoms with Crippen molar-refractivity contribution < 1.29 is 8.83 Å². The Kier molecular flexibility index (Phi) is 8.79. The summed E-state index contributed by atoms with van der Waals surface area (Å²) in [6.07, 6.45) is 0. The smallest absolute Gasteiger partial charge is 0.164 e. The van der Waals surface area contributed by atoms with E-state index in [1.54, 1.807) is 0 Å². The minimum absolute atomic E-state index is 0.517. The van der Waals surface area contributed by atoms with Crippen molar-refractivity contribution in [3.05, 3.63) is 231 Å². The van der Waals surface area contributed by atoms with Crippen LogP contribution in [0, 0.1) is 0 Å². The van der Waals surface area contributed by atoms with E-state index in [1.807, 2.05) is 60.7 Å². The van der Waals surface area contributed by atoms with Gasteiger partial charge in [0.15, 0.2) is 17.5 Å². The molecule has 4 heterocycles. The maximum atomic E-state index is 7.01. The van der Waals surface area contributed by atoms with Gasteiger partial charge in [0, 0.05) is 65.8 Å². The number of fused-ring (bicyclic) bond motifs is 9. The molecule has 0 aliphatic heterocycles. The lowest BCUT2D eigenvalue weighted by Gasteiger charge is -2.15. The second-order valence-corrected chi connectivity index (χ2v) is 17.5. The van der Waals surface area contributed by atoms with Crippen molar-refractivity contribution in [3.8, 4) is 73.2 Å². The molecule has 4 aromatic heterocycles. The maximum absolute atomic E-state index is 7.01. The number of furan rings is 2. The Morgan fingerprint density at radius 3 is 1.48 bits per heavy atom. The number of nitrogens with zero attached hydrogens (tertiary/aromatic N) is 4. The summed E-state index contributed by atoms with van der Waals surface area (Å²) in [5, 5.41) is 6.37. The standard InChI is InChI=1S/C63H38N4O2/c1-4-16-39(17-5-1)41-28-30-43(31-29-41)62-64-61(42-20-8-3-9-21-42)65-63(66-62)50-34-33-49-47-23-11-14-26-56(47)69-60(49)58(50)53-38-45(37-52-48-24-12-15-27-57(48)68-59(52)53)67-54-25-13-10-22-46(54)51-36-44(32-35-55(51)67)40-18-6-2-7-19-40/h1-38H. The van der Waals surface area contributed by atoms with Crippen LogP contribution in [0.2, 0.25) is 0 Å². The Morgan fingerprint density at radius 2 is 0.783 bits per heavy atom. The molecule has 14 rings (SSSR count). The lowest BCUT2D eigenvalue weighted by Crippen LogP contribution is -2.02. The Bertz CT molecular complexity index is 4290. The SMILES string of the molecule is c1ccc(-c2ccc(-c3nc(-c4ccccc4)nc(-c4ccc5c(oc6ccccc65)c4-c4cc(-n5c6ccccc6c6cc(-c7ccccc7)ccc65)cc5c4oc4ccccc45)n3)cc2)cc1. The van der Waals surface area contributed by atoms with E-state index in [2.05, 4.69) is 174 Å². The molecule has 0 bridgehead atoms. The van der Waals surface area contributed by atoms with Crippen LogP contribution in [-0.4, -0.2) is 19.5 Å². The normalized spacial score (nSPS) is 11.8. The van der Waals surface area contributed by atoms with Gasteiger partial charge in [0.05, 0.1) is 11.0 Å². The van der Waals surface area contributed by atoms with Crippen LogP contribution in [0.4, 0.5) is 0 Å². The van der Waals surface area contributed by atoms with E-state index in [9.17, 15) is 0 Å². The summed E-state index contributed by atoms with van der Waals surface area (Å²) in [5.74, 6) is 1.65. The van der Waals surface area contributed by atoms with E-state index in [1.165, 1.54) is 21.9 Å². The van der Waals surface area contributed by atoms with Gasteiger partial charge in [0.2, 0.25) is 0 Å². The van der Waals surface area contributed by atoms with E-state index in [-0.39, 0.29) is 0 Å². The fourth-order valence-corrected chi connectivity index (χ4v) is 10.2. The molecule has 0 aliphatic carbocycles. The van der Waals surface area contributed by atoms with Crippen LogP contribution >= 0.6 is 0 Å². The minimum atomic E-state index is 0.517. The Balaban J connectivity index is 1.06. The second-order valence-electron chi connectivity index (χ2n) is 17.5. The van der Waals surface area contributed by atoms with Crippen LogP contribution in [0.3, 0.4) is 0 Å². The highest BCUT2D eigenvalue weighted by Crippen LogP contribution is 2.47. The van der Waals surface area contributed by atoms with Gasteiger partial charge in [-0.15, -0.1) is 0 Å². The lowest BCUT2D eigenvalue weighted by atomic mass is 9.94. The van der Waals surface area contributed by atoms with Crippen molar-refractivity contribution in [3.63, 3.8) is 0 Å². The van der Waals surface area contributed by atoms with Gasteiger partial charge in [-0.2, -0.15) is 0 Å². The van der Waals surface area contributed by atoms with Crippen LogP contribution in [0.5, 0.6) is 0 Å². The highest BCUT2D eigenvalue weighted by molar-refractivity contribution is 6.18. The number of hydrogen-bond donors (Lipinski definition) is 0. The molecule has 0 saturated carbocycles. The summed E-state index contributed by atoms with van der Waals surface area (Å²) in [6, 6.07) is 80.3. The zero-order valence-electron chi connectivity index (χ0n) is 37.0. The molecule has 0 radical (unpaired) electrons. The molecule has 322 valence electrons. The predicted molar refractivity (Wildman–Crippen MR) is 281 cm³/mol. The molecule has 69 heavy (non-hydrogen) atoms. The Labute approximate surface area is 396 Å². The molecule has 10 aromatic carbocycles. The molecule has 0 unspecified atom stereocenters. The third-order valence-corrected chi connectivity index (χ3v) is 13.5. The zero-order valence-corrected chi connectivity index (χ0v) is 37.0. The first kappa shape index (κ1) is 38.8. The van der Waals surface area contributed by atoms with Crippen LogP contribution in [0.1, 0.15) is 0 Å². The van der Waals surface area contributed by atoms with Gasteiger partial charge in [-0.25, -0.2) is 15.0 Å². The molecule has 0 saturated heterocycles. The summed E-state index contributed by atoms with van der Waals surface area (Å²) in [4.78, 5) is 15.8. The summed E-state index contributed by atoms with van der Waals surface area (Å²) in [7, 11) is 0. The van der Waals surface area contributed by atoms with Gasteiger partial charge >= 0.3 is 0 Å². The fourth-order valence-electron chi connectivity index (χ4n) is 10.2. The Morgan fingerprint density at radius 1 is 0.290 bits per heavy atom. The molecular weight excluding hydrogens is 845 g/mol. The number of hydrogen-bond acceptors (Lipinski definition) is 5. The highest BCUT2D eigenvalue weighted by atomic mass is 16.3. The molecule has 0 amide bonds. The van der Waals surface area contributed by atoms with Crippen molar-refractivity contribution in [1.82, 2.24) is 19.5 Å². The van der Waals surface area contributed by atoms with Crippen molar-refractivity contribution >= 4 is 65.7 Å².